The zero-order valence-electron chi connectivity index (χ0n) is 13.9. The summed E-state index contributed by atoms with van der Waals surface area (Å²) in [5.74, 6) is -1.12. The maximum atomic E-state index is 12.4. The van der Waals surface area contributed by atoms with Gasteiger partial charge in [0.05, 0.1) is 11.8 Å². The summed E-state index contributed by atoms with van der Waals surface area (Å²) in [5, 5.41) is 4.92. The first-order valence-electron chi connectivity index (χ1n) is 8.77. The third-order valence-corrected chi connectivity index (χ3v) is 5.27. The smallest absolute Gasteiger partial charge is 0.244 e. The number of fused-ring (bicyclic) bond motifs is 2. The average molecular weight is 336 g/mol. The minimum absolute atomic E-state index is 0.177. The van der Waals surface area contributed by atoms with Gasteiger partial charge in [-0.2, -0.15) is 0 Å². The summed E-state index contributed by atoms with van der Waals surface area (Å²) in [5.41, 5.74) is 0.667. The monoisotopic (exact) mass is 336 g/mol. The second-order valence-electron chi connectivity index (χ2n) is 6.87. The average Bonchev–Trinajstić information content (AvgIpc) is 2.87. The summed E-state index contributed by atoms with van der Waals surface area (Å²) in [6.07, 6.45) is 3.49. The van der Waals surface area contributed by atoms with Crippen LogP contribution in [0.3, 0.4) is 0 Å². The topological polar surface area (TPSA) is 66.5 Å². The Hall–Kier alpha value is -2.69. The number of hydrogen-bond acceptors (Lipinski definition) is 3. The lowest BCUT2D eigenvalue weighted by molar-refractivity contribution is -0.142. The van der Waals surface area contributed by atoms with E-state index in [2.05, 4.69) is 5.32 Å². The van der Waals surface area contributed by atoms with Gasteiger partial charge in [0, 0.05) is 5.69 Å². The molecule has 5 nitrogen and oxygen atoms in total. The fourth-order valence-electron chi connectivity index (χ4n) is 4.00. The molecule has 1 aliphatic carbocycles. The van der Waals surface area contributed by atoms with Gasteiger partial charge in [0.2, 0.25) is 17.7 Å². The first-order chi connectivity index (χ1) is 12.1. The lowest BCUT2D eigenvalue weighted by Gasteiger charge is -2.19. The van der Waals surface area contributed by atoms with Crippen LogP contribution in [0.2, 0.25) is 0 Å². The van der Waals surface area contributed by atoms with Crippen LogP contribution in [0, 0.1) is 11.8 Å². The highest BCUT2D eigenvalue weighted by Gasteiger charge is 2.48. The Morgan fingerprint density at radius 1 is 0.960 bits per heavy atom. The second kappa shape index (κ2) is 6.31. The number of carbonyl (C=O) groups excluding carboxylic acids is 3. The van der Waals surface area contributed by atoms with E-state index < -0.39 is 0 Å². The van der Waals surface area contributed by atoms with E-state index in [0.29, 0.717) is 5.69 Å². The van der Waals surface area contributed by atoms with Crippen molar-refractivity contribution in [1.29, 1.82) is 0 Å². The van der Waals surface area contributed by atoms with Crippen molar-refractivity contribution >= 4 is 34.2 Å². The van der Waals surface area contributed by atoms with Crippen LogP contribution in [-0.2, 0) is 14.4 Å². The molecule has 5 heteroatoms. The standard InChI is InChI=1S/C20H20N2O3/c23-18(21-15-10-9-13-5-1-2-6-14(13)11-15)12-22-19(24)16-7-3-4-8-17(16)20(22)25/h1-2,5-6,9-11,16-17H,3-4,7-8,12H2,(H,21,23)/t16-,17-/m0/s1. The van der Waals surface area contributed by atoms with Crippen LogP contribution in [0.25, 0.3) is 10.8 Å². The number of amides is 3. The van der Waals surface area contributed by atoms with Crippen LogP contribution in [0.15, 0.2) is 42.5 Å². The molecule has 2 fully saturated rings. The fourth-order valence-corrected chi connectivity index (χ4v) is 4.00. The second-order valence-corrected chi connectivity index (χ2v) is 6.87. The van der Waals surface area contributed by atoms with E-state index in [9.17, 15) is 14.4 Å². The van der Waals surface area contributed by atoms with Gasteiger partial charge in [-0.1, -0.05) is 43.2 Å². The zero-order valence-corrected chi connectivity index (χ0v) is 13.9. The van der Waals surface area contributed by atoms with Gasteiger partial charge in [0.1, 0.15) is 6.54 Å². The van der Waals surface area contributed by atoms with Crippen LogP contribution in [0.1, 0.15) is 25.7 Å². The van der Waals surface area contributed by atoms with Crippen LogP contribution in [0.4, 0.5) is 5.69 Å². The molecule has 2 aromatic rings. The summed E-state index contributed by atoms with van der Waals surface area (Å²) < 4.78 is 0. The number of benzene rings is 2. The molecule has 1 aliphatic heterocycles. The Labute approximate surface area is 146 Å². The minimum atomic E-state index is -0.337. The van der Waals surface area contributed by atoms with Gasteiger partial charge in [-0.05, 0) is 35.7 Å². The summed E-state index contributed by atoms with van der Waals surface area (Å²) >= 11 is 0. The van der Waals surface area contributed by atoms with Gasteiger partial charge in [-0.15, -0.1) is 0 Å². The van der Waals surface area contributed by atoms with Crippen molar-refractivity contribution in [3.63, 3.8) is 0 Å². The highest BCUT2D eigenvalue weighted by molar-refractivity contribution is 6.08. The van der Waals surface area contributed by atoms with E-state index in [-0.39, 0.29) is 36.1 Å². The predicted molar refractivity (Wildman–Crippen MR) is 94.7 cm³/mol. The summed E-state index contributed by atoms with van der Waals surface area (Å²) in [6.45, 7) is -0.197. The highest BCUT2D eigenvalue weighted by atomic mass is 16.2. The molecule has 0 aromatic heterocycles. The summed E-state index contributed by atoms with van der Waals surface area (Å²) in [6, 6.07) is 13.5. The van der Waals surface area contributed by atoms with Gasteiger partial charge in [0.25, 0.3) is 0 Å². The molecule has 0 unspecified atom stereocenters. The quantitative estimate of drug-likeness (QED) is 0.876. The van der Waals surface area contributed by atoms with Crippen molar-refractivity contribution in [3.05, 3.63) is 42.5 Å². The van der Waals surface area contributed by atoms with E-state index in [4.69, 9.17) is 0 Å². The van der Waals surface area contributed by atoms with Crippen LogP contribution < -0.4 is 5.32 Å². The molecule has 128 valence electrons. The molecule has 1 N–H and O–H groups in total. The Balaban J connectivity index is 1.46. The molecule has 4 rings (SSSR count). The number of hydrogen-bond donors (Lipinski definition) is 1. The third kappa shape index (κ3) is 2.90. The van der Waals surface area contributed by atoms with Gasteiger partial charge in [0.15, 0.2) is 0 Å². The molecule has 1 heterocycles. The Morgan fingerprint density at radius 2 is 1.60 bits per heavy atom. The van der Waals surface area contributed by atoms with Crippen molar-refractivity contribution in [3.8, 4) is 0 Å². The van der Waals surface area contributed by atoms with E-state index in [1.54, 1.807) is 0 Å². The van der Waals surface area contributed by atoms with Crippen LogP contribution in [0.5, 0.6) is 0 Å². The molecule has 1 saturated heterocycles. The molecule has 0 radical (unpaired) electrons. The van der Waals surface area contributed by atoms with Crippen molar-refractivity contribution in [2.24, 2.45) is 11.8 Å². The van der Waals surface area contributed by atoms with Gasteiger partial charge >= 0.3 is 0 Å². The highest BCUT2D eigenvalue weighted by Crippen LogP contribution is 2.37. The predicted octanol–water partition coefficient (Wildman–Crippen LogP) is 2.95. The van der Waals surface area contributed by atoms with E-state index in [1.165, 1.54) is 0 Å². The van der Waals surface area contributed by atoms with Crippen molar-refractivity contribution < 1.29 is 14.4 Å². The molecule has 2 aliphatic rings. The summed E-state index contributed by atoms with van der Waals surface area (Å²) in [7, 11) is 0. The van der Waals surface area contributed by atoms with E-state index in [0.717, 1.165) is 41.4 Å². The SMILES string of the molecule is O=C(CN1C(=O)[C@H]2CCCC[C@@H]2C1=O)Nc1ccc2ccccc2c1. The third-order valence-electron chi connectivity index (χ3n) is 5.27. The first kappa shape index (κ1) is 15.8. The normalized spacial score (nSPS) is 23.0. The molecular weight excluding hydrogens is 316 g/mol. The number of carbonyl (C=O) groups is 3. The molecule has 25 heavy (non-hydrogen) atoms. The maximum Gasteiger partial charge on any atom is 0.244 e. The molecule has 3 amide bonds. The van der Waals surface area contributed by atoms with Crippen LogP contribution >= 0.6 is 0 Å². The Kier molecular flexibility index (Phi) is 3.99. The maximum absolute atomic E-state index is 12.4. The van der Waals surface area contributed by atoms with E-state index in [1.807, 2.05) is 42.5 Å². The van der Waals surface area contributed by atoms with Gasteiger partial charge in [-0.3, -0.25) is 19.3 Å². The Bertz CT molecular complexity index is 837. The number of nitrogens with zero attached hydrogens (tertiary/aromatic N) is 1. The number of rotatable bonds is 3. The van der Waals surface area contributed by atoms with E-state index >= 15 is 0 Å². The number of likely N-dealkylation sites (tertiary alicyclic amines) is 1. The fraction of sp³-hybridized carbons (Fsp3) is 0.350. The molecular formula is C20H20N2O3. The molecule has 1 saturated carbocycles. The largest absolute Gasteiger partial charge is 0.325 e. The molecule has 0 spiro atoms. The Morgan fingerprint density at radius 3 is 2.28 bits per heavy atom. The van der Waals surface area contributed by atoms with Crippen molar-refractivity contribution in [1.82, 2.24) is 4.90 Å². The summed E-state index contributed by atoms with van der Waals surface area (Å²) in [4.78, 5) is 38.4. The van der Waals surface area contributed by atoms with Gasteiger partial charge < -0.3 is 5.32 Å². The van der Waals surface area contributed by atoms with Crippen LogP contribution in [-0.4, -0.2) is 29.2 Å². The zero-order chi connectivity index (χ0) is 17.4. The molecule has 2 atom stereocenters. The minimum Gasteiger partial charge on any atom is -0.325 e. The number of anilines is 1. The first-order valence-corrected chi connectivity index (χ1v) is 8.77. The molecule has 2 aromatic carbocycles. The lowest BCUT2D eigenvalue weighted by atomic mass is 9.81. The lowest BCUT2D eigenvalue weighted by Crippen LogP contribution is -2.38. The number of imide groups is 1. The van der Waals surface area contributed by atoms with Crippen molar-refractivity contribution in [2.75, 3.05) is 11.9 Å². The van der Waals surface area contributed by atoms with Crippen molar-refractivity contribution in [2.45, 2.75) is 25.7 Å². The molecule has 0 bridgehead atoms. The number of nitrogens with one attached hydrogen (secondary N) is 1. The van der Waals surface area contributed by atoms with Gasteiger partial charge in [-0.25, -0.2) is 0 Å².